The van der Waals surface area contributed by atoms with E-state index in [0.29, 0.717) is 41.5 Å². The second-order valence-electron chi connectivity index (χ2n) is 26.2. The minimum absolute atomic E-state index is 0.0116. The van der Waals surface area contributed by atoms with E-state index < -0.39 is 176 Å². The number of fused-ring (bicyclic) bond motifs is 1. The van der Waals surface area contributed by atoms with Crippen molar-refractivity contribution in [3.63, 3.8) is 0 Å². The topological polar surface area (TPSA) is 463 Å². The Hall–Kier alpha value is -10.1. The highest BCUT2D eigenvalue weighted by Gasteiger charge is 2.45. The second-order valence-corrected chi connectivity index (χ2v) is 26.2. The van der Waals surface area contributed by atoms with Crippen LogP contribution in [0.25, 0.3) is 10.9 Å². The van der Waals surface area contributed by atoms with Gasteiger partial charge in [-0.05, 0) is 72.3 Å². The Kier molecular flexibility index (Phi) is 30.0. The number of para-hydroxylation sites is 1. The molecule has 0 spiro atoms. The van der Waals surface area contributed by atoms with Gasteiger partial charge in [0.1, 0.15) is 72.5 Å². The van der Waals surface area contributed by atoms with Crippen LogP contribution in [0.4, 0.5) is 0 Å². The van der Waals surface area contributed by atoms with E-state index in [9.17, 15) is 73.5 Å². The molecule has 0 bridgehead atoms. The number of aliphatic hydroxyl groups is 4. The van der Waals surface area contributed by atoms with Crippen LogP contribution in [0.3, 0.4) is 0 Å². The number of nitrogens with zero attached hydrogens (tertiary/aromatic N) is 2. The highest BCUT2D eigenvalue weighted by molar-refractivity contribution is 6.00. The first kappa shape index (κ1) is 79.2. The van der Waals surface area contributed by atoms with Gasteiger partial charge in [0.25, 0.3) is 0 Å². The number of hydrogen-bond acceptors (Lipinski definition) is 17. The number of likely N-dealkylation sites (tertiary alicyclic amines) is 2. The SMILES string of the molecule is CC[C@H](C)[C@H](NC(=O)[C@H](CO)NC(=O)[C@H](CO)NC(=O)[C@@H](N)CO)C(=O)N[C@@H](Cc1ccccc1)C(=O)N1CCC[C@H]1C(=O)N1CCC[C@H]1C(=O)N[C@@H](Cc1c[nH]c2ccccc12)C(=O)N[C@@H](CC(C)C)C(=O)N[C@@H](CO)C(=O)N[C@@H](Cc1ccccc1)C(=O)N[C@@H](Cc1ccccc1)C(=O)O. The fraction of sp³-hybridized carbons (Fsp3) is 0.472. The molecule has 30 heteroatoms. The van der Waals surface area contributed by atoms with Crippen LogP contribution >= 0.6 is 0 Å². The van der Waals surface area contributed by atoms with Gasteiger partial charge in [0.15, 0.2) is 0 Å². The molecule has 11 amide bonds. The smallest absolute Gasteiger partial charge is 0.326 e. The fourth-order valence-corrected chi connectivity index (χ4v) is 12.4. The van der Waals surface area contributed by atoms with Crippen molar-refractivity contribution in [2.45, 2.75) is 164 Å². The molecule has 2 fully saturated rings. The van der Waals surface area contributed by atoms with Gasteiger partial charge < -0.3 is 93.9 Å². The van der Waals surface area contributed by atoms with E-state index in [1.165, 1.54) is 9.80 Å². The number of benzene rings is 4. The minimum Gasteiger partial charge on any atom is -0.480 e. The lowest BCUT2D eigenvalue weighted by atomic mass is 9.96. The van der Waals surface area contributed by atoms with Crippen molar-refractivity contribution in [3.05, 3.63) is 144 Å². The molecular formula is C72H95N13O17. The Balaban J connectivity index is 1.07. The third-order valence-electron chi connectivity index (χ3n) is 18.2. The van der Waals surface area contributed by atoms with Gasteiger partial charge in [-0.3, -0.25) is 52.7 Å². The highest BCUT2D eigenvalue weighted by Crippen LogP contribution is 2.28. The number of aromatic nitrogens is 1. The number of aliphatic carboxylic acids is 1. The number of carboxylic acid groups (broad SMARTS) is 1. The third kappa shape index (κ3) is 21.9. The maximum atomic E-state index is 15.1. The molecule has 0 saturated carbocycles. The molecule has 5 aromatic rings. The molecule has 0 aliphatic carbocycles. The van der Waals surface area contributed by atoms with E-state index in [1.54, 1.807) is 131 Å². The van der Waals surface area contributed by atoms with Crippen molar-refractivity contribution >= 4 is 81.9 Å². The number of H-pyrrole nitrogens is 1. The summed E-state index contributed by atoms with van der Waals surface area (Å²) in [6, 6.07) is 16.0. The summed E-state index contributed by atoms with van der Waals surface area (Å²) in [5.41, 5.74) is 8.69. The Morgan fingerprint density at radius 3 is 1.41 bits per heavy atom. The predicted octanol–water partition coefficient (Wildman–Crippen LogP) is -1.74. The summed E-state index contributed by atoms with van der Waals surface area (Å²) in [5.74, 6) is -11.7. The van der Waals surface area contributed by atoms with Crippen LogP contribution < -0.4 is 53.6 Å². The zero-order valence-electron chi connectivity index (χ0n) is 57.6. The van der Waals surface area contributed by atoms with Crippen LogP contribution in [0.5, 0.6) is 0 Å². The van der Waals surface area contributed by atoms with Crippen LogP contribution in [-0.4, -0.2) is 223 Å². The van der Waals surface area contributed by atoms with E-state index in [1.807, 2.05) is 18.2 Å². The summed E-state index contributed by atoms with van der Waals surface area (Å²) in [6.07, 6.45) is 2.60. The molecule has 0 radical (unpaired) electrons. The van der Waals surface area contributed by atoms with Gasteiger partial charge in [-0.15, -0.1) is 0 Å². The number of rotatable bonds is 37. The monoisotopic (exact) mass is 1410 g/mol. The molecule has 4 aromatic carbocycles. The van der Waals surface area contributed by atoms with Gasteiger partial charge in [-0.1, -0.05) is 143 Å². The summed E-state index contributed by atoms with van der Waals surface area (Å²) in [5, 5.41) is 73.9. The lowest BCUT2D eigenvalue weighted by Gasteiger charge is -2.34. The van der Waals surface area contributed by atoms with Crippen molar-refractivity contribution in [2.24, 2.45) is 17.6 Å². The molecule has 7 rings (SSSR count). The van der Waals surface area contributed by atoms with Crippen molar-refractivity contribution in [1.29, 1.82) is 0 Å². The number of hydrogen-bond donors (Lipinski definition) is 16. The van der Waals surface area contributed by atoms with E-state index in [2.05, 4.69) is 52.8 Å². The predicted molar refractivity (Wildman–Crippen MR) is 372 cm³/mol. The molecule has 2 aliphatic rings. The number of nitrogens with two attached hydrogens (primary N) is 1. The van der Waals surface area contributed by atoms with Crippen LogP contribution in [0.15, 0.2) is 121 Å². The molecule has 30 nitrogen and oxygen atoms in total. The number of nitrogens with one attached hydrogen (secondary N) is 10. The number of amides is 11. The van der Waals surface area contributed by atoms with Crippen LogP contribution in [-0.2, 0) is 83.2 Å². The molecule has 17 N–H and O–H groups in total. The number of carbonyl (C=O) groups is 12. The lowest BCUT2D eigenvalue weighted by molar-refractivity contribution is -0.148. The van der Waals surface area contributed by atoms with Crippen molar-refractivity contribution in [3.8, 4) is 0 Å². The maximum Gasteiger partial charge on any atom is 0.326 e. The zero-order chi connectivity index (χ0) is 74.2. The van der Waals surface area contributed by atoms with Gasteiger partial charge in [0, 0.05) is 55.9 Å². The molecular weight excluding hydrogens is 1320 g/mol. The van der Waals surface area contributed by atoms with E-state index in [0.717, 1.165) is 10.9 Å². The minimum atomic E-state index is -1.71. The lowest BCUT2D eigenvalue weighted by Crippen LogP contribution is -2.62. The van der Waals surface area contributed by atoms with Gasteiger partial charge >= 0.3 is 5.97 Å². The Labute approximate surface area is 590 Å². The third-order valence-corrected chi connectivity index (χ3v) is 18.2. The summed E-state index contributed by atoms with van der Waals surface area (Å²) in [7, 11) is 0. The largest absolute Gasteiger partial charge is 0.480 e. The van der Waals surface area contributed by atoms with Gasteiger partial charge in [-0.2, -0.15) is 0 Å². The van der Waals surface area contributed by atoms with Crippen LogP contribution in [0.1, 0.15) is 88.5 Å². The highest BCUT2D eigenvalue weighted by atomic mass is 16.4. The second kappa shape index (κ2) is 38.6. The van der Waals surface area contributed by atoms with Crippen molar-refractivity contribution < 1.29 is 83.1 Å². The Bertz CT molecular complexity index is 3700. The van der Waals surface area contributed by atoms with Gasteiger partial charge in [-0.25, -0.2) is 4.79 Å². The Morgan fingerprint density at radius 1 is 0.471 bits per heavy atom. The fourth-order valence-electron chi connectivity index (χ4n) is 12.4. The molecule has 0 unspecified atom stereocenters. The number of carboxylic acids is 1. The standard InChI is InChI=1S/C72H95N13O17/c1-5-42(4)60(83-67(96)57(40-89)82-66(95)55(38-87)80-61(90)48(73)37-86)69(98)78-53(33-44-21-11-7-12-22-44)70(99)85-30-18-28-59(85)71(100)84-29-17-27-58(84)68(97)77-52(35-46-36-74-49-26-16-15-25-47(46)49)64(93)75-50(31-41(2)3)62(91)81-56(39-88)65(94)76-51(32-43-19-9-6-10-20-43)63(92)79-54(72(101)102)34-45-23-13-8-14-24-45/h6-16,19-26,36,41-42,48,50-60,74,86-89H,5,17-18,27-35,37-40,73H2,1-4H3,(H,75,93)(H,76,94)(H,77,97)(H,78,98)(H,79,92)(H,80,90)(H,81,91)(H,82,95)(H,83,96)(H,101,102)/t42-,48-,50-,51-,52-,53-,54-,55-,56-,57-,58-,59-,60-/m0/s1. The molecule has 1 aromatic heterocycles. The summed E-state index contributed by atoms with van der Waals surface area (Å²) in [6.45, 7) is 3.42. The zero-order valence-corrected chi connectivity index (χ0v) is 57.6. The van der Waals surface area contributed by atoms with Gasteiger partial charge in [0.05, 0.1) is 26.4 Å². The van der Waals surface area contributed by atoms with Crippen LogP contribution in [0.2, 0.25) is 0 Å². The maximum absolute atomic E-state index is 15.1. The molecule has 2 saturated heterocycles. The van der Waals surface area contributed by atoms with Crippen molar-refractivity contribution in [2.75, 3.05) is 39.5 Å². The normalized spacial score (nSPS) is 17.5. The summed E-state index contributed by atoms with van der Waals surface area (Å²) >= 11 is 0. The average Bonchev–Trinajstić information content (AvgIpc) is 1.59. The molecule has 550 valence electrons. The first-order chi connectivity index (χ1) is 48.9. The Morgan fingerprint density at radius 2 is 0.892 bits per heavy atom. The average molecular weight is 1410 g/mol. The summed E-state index contributed by atoms with van der Waals surface area (Å²) in [4.78, 5) is 175. The molecule has 2 aliphatic heterocycles. The number of aliphatic hydroxyl groups excluding tert-OH is 4. The first-order valence-corrected chi connectivity index (χ1v) is 34.3. The molecule has 13 atom stereocenters. The van der Waals surface area contributed by atoms with Crippen molar-refractivity contribution in [1.82, 2.24) is 62.6 Å². The quantitative estimate of drug-likeness (QED) is 0.0210. The van der Waals surface area contributed by atoms with E-state index in [4.69, 9.17) is 5.73 Å². The van der Waals surface area contributed by atoms with E-state index in [-0.39, 0.29) is 64.0 Å². The summed E-state index contributed by atoms with van der Waals surface area (Å²) < 4.78 is 0. The molecule has 3 heterocycles. The van der Waals surface area contributed by atoms with E-state index >= 15 is 9.59 Å². The first-order valence-electron chi connectivity index (χ1n) is 34.3. The number of aromatic amines is 1. The number of carbonyl (C=O) groups excluding carboxylic acids is 11. The van der Waals surface area contributed by atoms with Crippen LogP contribution in [0, 0.1) is 11.8 Å². The van der Waals surface area contributed by atoms with Gasteiger partial charge in [0.2, 0.25) is 65.0 Å². The molecule has 102 heavy (non-hydrogen) atoms.